The first-order valence-electron chi connectivity index (χ1n) is 10.4. The van der Waals surface area contributed by atoms with Crippen LogP contribution in [-0.2, 0) is 16.1 Å². The topological polar surface area (TPSA) is 76.1 Å². The molecular weight excluding hydrogens is 445 g/mol. The summed E-state index contributed by atoms with van der Waals surface area (Å²) in [6.07, 6.45) is 0. The molecule has 1 atom stereocenters. The summed E-state index contributed by atoms with van der Waals surface area (Å²) in [4.78, 5) is 28.5. The van der Waals surface area contributed by atoms with E-state index in [4.69, 9.17) is 9.47 Å². The Bertz CT molecular complexity index is 1280. The van der Waals surface area contributed by atoms with E-state index in [1.165, 1.54) is 28.4 Å². The van der Waals surface area contributed by atoms with Crippen molar-refractivity contribution < 1.29 is 28.6 Å². The van der Waals surface area contributed by atoms with Crippen LogP contribution < -0.4 is 9.47 Å². The molecule has 3 aromatic rings. The smallest absolute Gasteiger partial charge is 0.295 e. The number of nitrogens with zero attached hydrogens (tertiary/aromatic N) is 1. The zero-order chi connectivity index (χ0) is 23.1. The van der Waals surface area contributed by atoms with Crippen LogP contribution in [0.4, 0.5) is 4.39 Å². The molecule has 1 N–H and O–H groups in total. The third-order valence-electron chi connectivity index (χ3n) is 5.77. The molecule has 168 valence electrons. The molecule has 1 aromatic heterocycles. The summed E-state index contributed by atoms with van der Waals surface area (Å²) < 4.78 is 24.5. The number of likely N-dealkylation sites (tertiary alicyclic amines) is 1. The highest BCUT2D eigenvalue weighted by Crippen LogP contribution is 2.44. The van der Waals surface area contributed by atoms with Gasteiger partial charge in [-0.15, -0.1) is 11.3 Å². The first-order valence-corrected chi connectivity index (χ1v) is 11.3. The molecule has 33 heavy (non-hydrogen) atoms. The summed E-state index contributed by atoms with van der Waals surface area (Å²) in [6.45, 7) is 2.82. The minimum Gasteiger partial charge on any atom is -0.507 e. The third kappa shape index (κ3) is 3.76. The van der Waals surface area contributed by atoms with Crippen molar-refractivity contribution in [1.82, 2.24) is 4.90 Å². The van der Waals surface area contributed by atoms with Gasteiger partial charge in [0.25, 0.3) is 11.7 Å². The number of aliphatic hydroxyl groups is 1. The van der Waals surface area contributed by atoms with E-state index in [0.717, 1.165) is 10.4 Å². The number of aryl methyl sites for hydroxylation is 1. The molecule has 0 saturated carbocycles. The maximum absolute atomic E-state index is 13.4. The van der Waals surface area contributed by atoms with Crippen LogP contribution in [0.2, 0.25) is 0 Å². The standard InChI is InChI=1S/C25H20FNO5S/c1-14-8-11-33-24(14)21-20(22(28)16-4-7-18-19(12-16)32-10-9-31-18)23(29)25(30)27(21)13-15-2-5-17(26)6-3-15/h2-8,11-12,21,28H,9-10,13H2,1H3/b22-20-. The number of halogens is 1. The predicted molar refractivity (Wildman–Crippen MR) is 121 cm³/mol. The van der Waals surface area contributed by atoms with E-state index in [2.05, 4.69) is 0 Å². The number of benzene rings is 2. The lowest BCUT2D eigenvalue weighted by molar-refractivity contribution is -0.140. The van der Waals surface area contributed by atoms with Gasteiger partial charge in [-0.1, -0.05) is 12.1 Å². The van der Waals surface area contributed by atoms with Gasteiger partial charge in [-0.05, 0) is 59.8 Å². The van der Waals surface area contributed by atoms with Gasteiger partial charge in [0.1, 0.15) is 30.8 Å². The van der Waals surface area contributed by atoms with Crippen LogP contribution in [0, 0.1) is 12.7 Å². The van der Waals surface area contributed by atoms with E-state index >= 15 is 0 Å². The van der Waals surface area contributed by atoms with Gasteiger partial charge in [0, 0.05) is 17.0 Å². The number of carbonyl (C=O) groups is 2. The predicted octanol–water partition coefficient (Wildman–Crippen LogP) is 4.59. The van der Waals surface area contributed by atoms with Gasteiger partial charge in [0.2, 0.25) is 0 Å². The summed E-state index contributed by atoms with van der Waals surface area (Å²) in [7, 11) is 0. The number of thiophene rings is 1. The van der Waals surface area contributed by atoms with Crippen LogP contribution in [0.1, 0.15) is 27.6 Å². The minimum absolute atomic E-state index is 0.0179. The molecular formula is C25H20FNO5S. The maximum Gasteiger partial charge on any atom is 0.295 e. The van der Waals surface area contributed by atoms with Gasteiger partial charge in [-0.25, -0.2) is 4.39 Å². The Hall–Kier alpha value is -3.65. The molecule has 8 heteroatoms. The van der Waals surface area contributed by atoms with Crippen LogP contribution in [0.15, 0.2) is 59.5 Å². The molecule has 5 rings (SSSR count). The van der Waals surface area contributed by atoms with Gasteiger partial charge in [0.05, 0.1) is 5.57 Å². The quantitative estimate of drug-likeness (QED) is 0.347. The zero-order valence-corrected chi connectivity index (χ0v) is 18.5. The fourth-order valence-electron chi connectivity index (χ4n) is 4.11. The monoisotopic (exact) mass is 465 g/mol. The lowest BCUT2D eigenvalue weighted by atomic mass is 9.98. The van der Waals surface area contributed by atoms with Crippen LogP contribution >= 0.6 is 11.3 Å². The maximum atomic E-state index is 13.4. The number of hydrogen-bond donors (Lipinski definition) is 1. The molecule has 2 aliphatic rings. The molecule has 0 radical (unpaired) electrons. The summed E-state index contributed by atoms with van der Waals surface area (Å²) >= 11 is 1.41. The Morgan fingerprint density at radius 1 is 1.09 bits per heavy atom. The van der Waals surface area contributed by atoms with Gasteiger partial charge in [0.15, 0.2) is 11.5 Å². The van der Waals surface area contributed by atoms with E-state index in [-0.39, 0.29) is 23.7 Å². The van der Waals surface area contributed by atoms with Gasteiger partial charge < -0.3 is 19.5 Å². The molecule has 1 saturated heterocycles. The zero-order valence-electron chi connectivity index (χ0n) is 17.7. The van der Waals surface area contributed by atoms with E-state index in [0.29, 0.717) is 35.8 Å². The van der Waals surface area contributed by atoms with Crippen LogP contribution in [0.25, 0.3) is 5.76 Å². The van der Waals surface area contributed by atoms with Crippen molar-refractivity contribution in [3.63, 3.8) is 0 Å². The van der Waals surface area contributed by atoms with E-state index in [1.54, 1.807) is 30.3 Å². The number of hydrogen-bond acceptors (Lipinski definition) is 6. The number of Topliss-reactive ketones (excluding diaryl/α,β-unsaturated/α-hetero) is 1. The highest BCUT2D eigenvalue weighted by atomic mass is 32.1. The number of ketones is 1. The fourth-order valence-corrected chi connectivity index (χ4v) is 5.16. The second kappa shape index (κ2) is 8.37. The normalized spacial score (nSPS) is 19.2. The summed E-state index contributed by atoms with van der Waals surface area (Å²) in [5.41, 5.74) is 1.96. The molecule has 0 spiro atoms. The second-order valence-corrected chi connectivity index (χ2v) is 8.83. The first-order chi connectivity index (χ1) is 15.9. The van der Waals surface area contributed by atoms with Crippen LogP contribution in [0.5, 0.6) is 11.5 Å². The number of fused-ring (bicyclic) bond motifs is 1. The lowest BCUT2D eigenvalue weighted by Crippen LogP contribution is -2.29. The van der Waals surface area contributed by atoms with E-state index < -0.39 is 17.7 Å². The Morgan fingerprint density at radius 2 is 1.82 bits per heavy atom. The summed E-state index contributed by atoms with van der Waals surface area (Å²) in [6, 6.07) is 11.8. The van der Waals surface area contributed by atoms with Crippen molar-refractivity contribution in [1.29, 1.82) is 0 Å². The number of carbonyl (C=O) groups excluding carboxylic acids is 2. The van der Waals surface area contributed by atoms with Crippen molar-refractivity contribution in [2.24, 2.45) is 0 Å². The molecule has 1 fully saturated rings. The molecule has 2 aliphatic heterocycles. The first kappa shape index (κ1) is 21.2. The number of ether oxygens (including phenoxy) is 2. The molecule has 0 aliphatic carbocycles. The molecule has 1 unspecified atom stereocenters. The SMILES string of the molecule is Cc1ccsc1C1/C(=C(/O)c2ccc3c(c2)OCCO3)C(=O)C(=O)N1Cc1ccc(F)cc1. The largest absolute Gasteiger partial charge is 0.507 e. The third-order valence-corrected chi connectivity index (χ3v) is 6.84. The Labute approximate surface area is 193 Å². The molecule has 3 heterocycles. The van der Waals surface area contributed by atoms with Crippen molar-refractivity contribution >= 4 is 28.8 Å². The highest BCUT2D eigenvalue weighted by Gasteiger charge is 2.47. The summed E-state index contributed by atoms with van der Waals surface area (Å²) in [5.74, 6) is -1.11. The lowest BCUT2D eigenvalue weighted by Gasteiger charge is -2.25. The fraction of sp³-hybridized carbons (Fsp3) is 0.200. The van der Waals surface area contributed by atoms with Gasteiger partial charge in [-0.3, -0.25) is 9.59 Å². The Balaban J connectivity index is 1.62. The molecule has 6 nitrogen and oxygen atoms in total. The average Bonchev–Trinajstić information content (AvgIpc) is 3.35. The molecule has 1 amide bonds. The van der Waals surface area contributed by atoms with E-state index in [1.807, 2.05) is 18.4 Å². The second-order valence-electron chi connectivity index (χ2n) is 7.88. The average molecular weight is 466 g/mol. The van der Waals surface area contributed by atoms with Crippen molar-refractivity contribution in [3.05, 3.63) is 86.9 Å². The Morgan fingerprint density at radius 3 is 2.52 bits per heavy atom. The Kier molecular flexibility index (Phi) is 5.38. The van der Waals surface area contributed by atoms with E-state index in [9.17, 15) is 19.1 Å². The van der Waals surface area contributed by atoms with Crippen molar-refractivity contribution in [3.8, 4) is 11.5 Å². The van der Waals surface area contributed by atoms with Gasteiger partial charge in [-0.2, -0.15) is 0 Å². The number of aliphatic hydroxyl groups excluding tert-OH is 1. The van der Waals surface area contributed by atoms with Crippen LogP contribution in [-0.4, -0.2) is 34.9 Å². The number of rotatable bonds is 4. The van der Waals surface area contributed by atoms with Gasteiger partial charge >= 0.3 is 0 Å². The highest BCUT2D eigenvalue weighted by molar-refractivity contribution is 7.10. The van der Waals surface area contributed by atoms with Crippen molar-refractivity contribution in [2.75, 3.05) is 13.2 Å². The molecule has 2 aromatic carbocycles. The minimum atomic E-state index is -0.762. The number of amides is 1. The van der Waals surface area contributed by atoms with Crippen LogP contribution in [0.3, 0.4) is 0 Å². The van der Waals surface area contributed by atoms with Crippen molar-refractivity contribution in [2.45, 2.75) is 19.5 Å². The molecule has 0 bridgehead atoms. The summed E-state index contributed by atoms with van der Waals surface area (Å²) in [5, 5.41) is 13.1.